The number of nitrogen functional groups attached to an aromatic ring is 1. The van der Waals surface area contributed by atoms with Gasteiger partial charge in [-0.15, -0.1) is 0 Å². The van der Waals surface area contributed by atoms with Crippen LogP contribution in [0.15, 0.2) is 18.2 Å². The van der Waals surface area contributed by atoms with E-state index in [-0.39, 0.29) is 6.42 Å². The topological polar surface area (TPSA) is 81.1 Å². The molecule has 6 heteroatoms. The maximum Gasteiger partial charge on any atom is 0.307 e. The summed E-state index contributed by atoms with van der Waals surface area (Å²) < 4.78 is 1.77. The molecular formula is C14H16ClN3O2. The monoisotopic (exact) mass is 293 g/mol. The number of hydrogen-bond donors (Lipinski definition) is 2. The van der Waals surface area contributed by atoms with Gasteiger partial charge in [0.1, 0.15) is 0 Å². The van der Waals surface area contributed by atoms with Crippen LogP contribution in [0.3, 0.4) is 0 Å². The first-order valence-corrected chi connectivity index (χ1v) is 6.55. The van der Waals surface area contributed by atoms with E-state index in [2.05, 4.69) is 5.10 Å². The minimum absolute atomic E-state index is 0.0207. The molecule has 0 aliphatic rings. The lowest BCUT2D eigenvalue weighted by molar-refractivity contribution is -0.136. The number of hydrogen-bond acceptors (Lipinski definition) is 3. The summed E-state index contributed by atoms with van der Waals surface area (Å²) in [7, 11) is 0. The van der Waals surface area contributed by atoms with Crippen LogP contribution in [0.25, 0.3) is 0 Å². The largest absolute Gasteiger partial charge is 0.481 e. The van der Waals surface area contributed by atoms with Crippen LogP contribution >= 0.6 is 11.6 Å². The third-order valence-corrected chi connectivity index (χ3v) is 3.61. The van der Waals surface area contributed by atoms with Gasteiger partial charge in [-0.1, -0.05) is 17.7 Å². The Bertz CT molecular complexity index is 665. The number of halogens is 1. The molecule has 3 N–H and O–H groups in total. The number of carbonyl (C=O) groups is 1. The number of aromatic nitrogens is 2. The maximum atomic E-state index is 10.9. The standard InChI is InChI=1S/C14H16ClN3O2/c1-8-12(6-14(19)20)9(2)18(17-8)7-10-3-4-11(16)5-13(10)15/h3-5H,6-7,16H2,1-2H3,(H,19,20). The highest BCUT2D eigenvalue weighted by Crippen LogP contribution is 2.22. The number of carboxylic acid groups (broad SMARTS) is 1. The fourth-order valence-corrected chi connectivity index (χ4v) is 2.40. The molecule has 0 saturated carbocycles. The second-order valence-corrected chi connectivity index (χ2v) is 5.14. The molecule has 0 spiro atoms. The molecule has 1 heterocycles. The highest BCUT2D eigenvalue weighted by molar-refractivity contribution is 6.31. The molecule has 1 aromatic carbocycles. The van der Waals surface area contributed by atoms with Gasteiger partial charge in [0.15, 0.2) is 0 Å². The van der Waals surface area contributed by atoms with Crippen molar-refractivity contribution in [3.63, 3.8) is 0 Å². The van der Waals surface area contributed by atoms with Crippen LogP contribution in [0.2, 0.25) is 5.02 Å². The molecule has 0 saturated heterocycles. The first-order chi connectivity index (χ1) is 9.38. The van der Waals surface area contributed by atoms with Gasteiger partial charge in [-0.2, -0.15) is 5.10 Å². The summed E-state index contributed by atoms with van der Waals surface area (Å²) in [5, 5.41) is 13.9. The van der Waals surface area contributed by atoms with Crippen LogP contribution in [0.1, 0.15) is 22.5 Å². The van der Waals surface area contributed by atoms with Crippen LogP contribution in [-0.2, 0) is 17.8 Å². The summed E-state index contributed by atoms with van der Waals surface area (Å²) in [6.45, 7) is 4.17. The van der Waals surface area contributed by atoms with Crippen molar-refractivity contribution in [1.82, 2.24) is 9.78 Å². The van der Waals surface area contributed by atoms with Crippen molar-refractivity contribution in [3.05, 3.63) is 45.7 Å². The Morgan fingerprint density at radius 1 is 1.45 bits per heavy atom. The molecule has 0 aliphatic heterocycles. The Balaban J connectivity index is 2.32. The highest BCUT2D eigenvalue weighted by Gasteiger charge is 2.15. The van der Waals surface area contributed by atoms with Crippen LogP contribution in [0.5, 0.6) is 0 Å². The molecule has 0 atom stereocenters. The summed E-state index contributed by atoms with van der Waals surface area (Å²) in [6, 6.07) is 5.33. The minimum atomic E-state index is -0.860. The lowest BCUT2D eigenvalue weighted by Crippen LogP contribution is -2.06. The van der Waals surface area contributed by atoms with Gasteiger partial charge >= 0.3 is 5.97 Å². The SMILES string of the molecule is Cc1nn(Cc2ccc(N)cc2Cl)c(C)c1CC(=O)O. The van der Waals surface area contributed by atoms with Gasteiger partial charge in [0.05, 0.1) is 18.7 Å². The van der Waals surface area contributed by atoms with Crippen molar-refractivity contribution >= 4 is 23.3 Å². The number of carboxylic acids is 1. The second kappa shape index (κ2) is 5.54. The quantitative estimate of drug-likeness (QED) is 0.848. The number of nitrogens with zero attached hydrogens (tertiary/aromatic N) is 2. The maximum absolute atomic E-state index is 10.9. The lowest BCUT2D eigenvalue weighted by atomic mass is 10.1. The van der Waals surface area contributed by atoms with Crippen LogP contribution < -0.4 is 5.73 Å². The van der Waals surface area contributed by atoms with Crippen LogP contribution in [-0.4, -0.2) is 20.9 Å². The number of rotatable bonds is 4. The van der Waals surface area contributed by atoms with E-state index in [0.717, 1.165) is 22.5 Å². The Morgan fingerprint density at radius 2 is 2.15 bits per heavy atom. The van der Waals surface area contributed by atoms with Gasteiger partial charge in [0, 0.05) is 22.0 Å². The zero-order chi connectivity index (χ0) is 14.9. The van der Waals surface area contributed by atoms with E-state index in [1.54, 1.807) is 16.8 Å². The van der Waals surface area contributed by atoms with Gasteiger partial charge in [-0.3, -0.25) is 9.48 Å². The predicted molar refractivity (Wildman–Crippen MR) is 78.0 cm³/mol. The summed E-state index contributed by atoms with van der Waals surface area (Å²) in [6.07, 6.45) is -0.0207. The fourth-order valence-electron chi connectivity index (χ4n) is 2.15. The fraction of sp³-hybridized carbons (Fsp3) is 0.286. The molecule has 106 valence electrons. The number of anilines is 1. The average Bonchev–Trinajstić information content (AvgIpc) is 2.60. The summed E-state index contributed by atoms with van der Waals surface area (Å²) in [4.78, 5) is 10.9. The molecule has 0 aliphatic carbocycles. The van der Waals surface area contributed by atoms with Crippen molar-refractivity contribution < 1.29 is 9.90 Å². The van der Waals surface area contributed by atoms with Crippen molar-refractivity contribution in [3.8, 4) is 0 Å². The predicted octanol–water partition coefficient (Wildman–Crippen LogP) is 2.41. The van der Waals surface area contributed by atoms with Gasteiger partial charge in [-0.05, 0) is 31.5 Å². The summed E-state index contributed by atoms with van der Waals surface area (Å²) >= 11 is 6.15. The van der Waals surface area contributed by atoms with Crippen molar-refractivity contribution in [1.29, 1.82) is 0 Å². The molecule has 2 aromatic rings. The molecular weight excluding hydrogens is 278 g/mol. The van der Waals surface area contributed by atoms with Crippen molar-refractivity contribution in [2.75, 3.05) is 5.73 Å². The van der Waals surface area contributed by atoms with Crippen molar-refractivity contribution in [2.24, 2.45) is 0 Å². The van der Waals surface area contributed by atoms with E-state index in [4.69, 9.17) is 22.4 Å². The number of aliphatic carboxylic acids is 1. The third kappa shape index (κ3) is 2.93. The molecule has 2 rings (SSSR count). The zero-order valence-electron chi connectivity index (χ0n) is 11.4. The zero-order valence-corrected chi connectivity index (χ0v) is 12.1. The Labute approximate surface area is 122 Å². The van der Waals surface area contributed by atoms with Crippen LogP contribution in [0, 0.1) is 13.8 Å². The molecule has 0 unspecified atom stereocenters. The molecule has 0 fully saturated rings. The van der Waals surface area contributed by atoms with Crippen molar-refractivity contribution in [2.45, 2.75) is 26.8 Å². The Hall–Kier alpha value is -2.01. The number of nitrogens with two attached hydrogens (primary N) is 1. The Morgan fingerprint density at radius 3 is 2.75 bits per heavy atom. The van der Waals surface area contributed by atoms with E-state index < -0.39 is 5.97 Å². The molecule has 0 radical (unpaired) electrons. The van der Waals surface area contributed by atoms with Gasteiger partial charge in [0.25, 0.3) is 0 Å². The molecule has 0 bridgehead atoms. The molecule has 5 nitrogen and oxygen atoms in total. The molecule has 0 amide bonds. The normalized spacial score (nSPS) is 10.8. The highest BCUT2D eigenvalue weighted by atomic mass is 35.5. The van der Waals surface area contributed by atoms with E-state index in [0.29, 0.717) is 17.3 Å². The first-order valence-electron chi connectivity index (χ1n) is 6.17. The third-order valence-electron chi connectivity index (χ3n) is 3.26. The van der Waals surface area contributed by atoms with E-state index in [1.807, 2.05) is 19.9 Å². The lowest BCUT2D eigenvalue weighted by Gasteiger charge is -2.08. The summed E-state index contributed by atoms with van der Waals surface area (Å²) in [5.74, 6) is -0.860. The second-order valence-electron chi connectivity index (χ2n) is 4.73. The molecule has 1 aromatic heterocycles. The summed E-state index contributed by atoms with van der Waals surface area (Å²) in [5.41, 5.74) is 9.50. The van der Waals surface area contributed by atoms with Gasteiger partial charge in [-0.25, -0.2) is 0 Å². The average molecular weight is 294 g/mol. The van der Waals surface area contributed by atoms with Gasteiger partial charge < -0.3 is 10.8 Å². The van der Waals surface area contributed by atoms with E-state index in [1.165, 1.54) is 0 Å². The molecule has 20 heavy (non-hydrogen) atoms. The van der Waals surface area contributed by atoms with Gasteiger partial charge in [0.2, 0.25) is 0 Å². The smallest absolute Gasteiger partial charge is 0.307 e. The first kappa shape index (κ1) is 14.4. The number of benzene rings is 1. The Kier molecular flexibility index (Phi) is 3.99. The van der Waals surface area contributed by atoms with Crippen LogP contribution in [0.4, 0.5) is 5.69 Å². The number of aryl methyl sites for hydroxylation is 1. The van der Waals surface area contributed by atoms with E-state index >= 15 is 0 Å². The van der Waals surface area contributed by atoms with E-state index in [9.17, 15) is 4.79 Å². The minimum Gasteiger partial charge on any atom is -0.481 e.